The van der Waals surface area contributed by atoms with Gasteiger partial charge in [0.15, 0.2) is 0 Å². The van der Waals surface area contributed by atoms with E-state index < -0.39 is 5.82 Å². The van der Waals surface area contributed by atoms with Gasteiger partial charge in [-0.15, -0.1) is 0 Å². The highest BCUT2D eigenvalue weighted by molar-refractivity contribution is 6.35. The van der Waals surface area contributed by atoms with Gasteiger partial charge in [-0.1, -0.05) is 23.2 Å². The maximum absolute atomic E-state index is 13.4. The Kier molecular flexibility index (Phi) is 4.41. The average Bonchev–Trinajstić information content (AvgIpc) is 2.34. The van der Waals surface area contributed by atoms with Gasteiger partial charge in [0.25, 0.3) is 0 Å². The standard InChI is InChI=1S/C12H11Cl2FN2O/c13-9-6-10(14)11(15)5-8(9)12-7-17(2-1-16)3-4-18-12/h5-6,12H,2-4,7H2. The molecule has 1 saturated heterocycles. The second-order valence-corrected chi connectivity index (χ2v) is 4.85. The molecule has 0 saturated carbocycles. The summed E-state index contributed by atoms with van der Waals surface area (Å²) in [6.45, 7) is 2.03. The molecule has 0 aromatic heterocycles. The Morgan fingerprint density at radius 1 is 1.44 bits per heavy atom. The van der Waals surface area contributed by atoms with E-state index in [4.69, 9.17) is 33.2 Å². The number of morpholine rings is 1. The highest BCUT2D eigenvalue weighted by atomic mass is 35.5. The summed E-state index contributed by atoms with van der Waals surface area (Å²) < 4.78 is 19.0. The van der Waals surface area contributed by atoms with Crippen LogP contribution in [0.4, 0.5) is 4.39 Å². The SMILES string of the molecule is N#CCN1CCOC(c2cc(F)c(Cl)cc2Cl)C1. The zero-order valence-electron chi connectivity index (χ0n) is 9.50. The van der Waals surface area contributed by atoms with Crippen LogP contribution in [0, 0.1) is 17.1 Å². The van der Waals surface area contributed by atoms with Crippen LogP contribution in [0.1, 0.15) is 11.7 Å². The molecule has 2 rings (SSSR count). The topological polar surface area (TPSA) is 36.3 Å². The van der Waals surface area contributed by atoms with Crippen LogP contribution in [0.2, 0.25) is 10.0 Å². The Hall–Kier alpha value is -0.860. The maximum Gasteiger partial charge on any atom is 0.142 e. The van der Waals surface area contributed by atoms with Crippen LogP contribution < -0.4 is 0 Å². The van der Waals surface area contributed by atoms with Gasteiger partial charge in [-0.25, -0.2) is 4.39 Å². The van der Waals surface area contributed by atoms with Crippen LogP contribution in [0.3, 0.4) is 0 Å². The van der Waals surface area contributed by atoms with Crippen LogP contribution >= 0.6 is 23.2 Å². The minimum Gasteiger partial charge on any atom is -0.371 e. The lowest BCUT2D eigenvalue weighted by Crippen LogP contribution is -2.38. The monoisotopic (exact) mass is 288 g/mol. The fourth-order valence-electron chi connectivity index (χ4n) is 1.92. The smallest absolute Gasteiger partial charge is 0.142 e. The van der Waals surface area contributed by atoms with Crippen LogP contribution in [-0.2, 0) is 4.74 Å². The molecule has 1 aromatic carbocycles. The largest absolute Gasteiger partial charge is 0.371 e. The van der Waals surface area contributed by atoms with Crippen LogP contribution in [-0.4, -0.2) is 31.1 Å². The number of nitriles is 1. The minimum atomic E-state index is -0.517. The number of rotatable bonds is 2. The summed E-state index contributed by atoms with van der Waals surface area (Å²) in [6, 6.07) is 4.76. The number of ether oxygens (including phenoxy) is 1. The van der Waals surface area contributed by atoms with Gasteiger partial charge >= 0.3 is 0 Å². The van der Waals surface area contributed by atoms with Crippen LogP contribution in [0.5, 0.6) is 0 Å². The molecule has 0 aliphatic carbocycles. The predicted octanol–water partition coefficient (Wildman–Crippen LogP) is 3.03. The number of hydrogen-bond donors (Lipinski definition) is 0. The summed E-state index contributed by atoms with van der Waals surface area (Å²) in [7, 11) is 0. The van der Waals surface area contributed by atoms with Crippen molar-refractivity contribution in [2.75, 3.05) is 26.2 Å². The molecule has 0 amide bonds. The van der Waals surface area contributed by atoms with Crippen molar-refractivity contribution in [1.29, 1.82) is 5.26 Å². The molecule has 1 aromatic rings. The fraction of sp³-hybridized carbons (Fsp3) is 0.417. The molecule has 6 heteroatoms. The highest BCUT2D eigenvalue weighted by Crippen LogP contribution is 2.32. The minimum absolute atomic E-state index is 0.00607. The number of benzene rings is 1. The Labute approximate surface area is 115 Å². The van der Waals surface area contributed by atoms with Crippen molar-refractivity contribution >= 4 is 23.2 Å². The summed E-state index contributed by atoms with van der Waals surface area (Å²) in [4.78, 5) is 1.94. The summed E-state index contributed by atoms with van der Waals surface area (Å²) in [5.74, 6) is -0.517. The molecule has 0 bridgehead atoms. The quantitative estimate of drug-likeness (QED) is 0.620. The molecule has 96 valence electrons. The molecule has 3 nitrogen and oxygen atoms in total. The molecule has 1 unspecified atom stereocenters. The molecule has 1 fully saturated rings. The molecule has 0 N–H and O–H groups in total. The Bertz CT molecular complexity index is 490. The van der Waals surface area contributed by atoms with E-state index in [9.17, 15) is 4.39 Å². The molecule has 1 aliphatic rings. The summed E-state index contributed by atoms with van der Waals surface area (Å²) >= 11 is 11.7. The fourth-order valence-corrected chi connectivity index (χ4v) is 2.42. The lowest BCUT2D eigenvalue weighted by molar-refractivity contribution is -0.0255. The second kappa shape index (κ2) is 5.85. The van der Waals surface area contributed by atoms with Crippen molar-refractivity contribution in [2.24, 2.45) is 0 Å². The van der Waals surface area contributed by atoms with E-state index in [1.165, 1.54) is 12.1 Å². The van der Waals surface area contributed by atoms with Crippen LogP contribution in [0.25, 0.3) is 0 Å². The van der Waals surface area contributed by atoms with Crippen molar-refractivity contribution in [3.63, 3.8) is 0 Å². The van der Waals surface area contributed by atoms with E-state index in [1.807, 2.05) is 4.90 Å². The number of hydrogen-bond acceptors (Lipinski definition) is 3. The Morgan fingerprint density at radius 2 is 2.22 bits per heavy atom. The van der Waals surface area contributed by atoms with Crippen molar-refractivity contribution in [3.05, 3.63) is 33.6 Å². The van der Waals surface area contributed by atoms with Gasteiger partial charge in [0.05, 0.1) is 30.3 Å². The first-order valence-corrected chi connectivity index (χ1v) is 6.22. The highest BCUT2D eigenvalue weighted by Gasteiger charge is 2.24. The first-order chi connectivity index (χ1) is 8.61. The van der Waals surface area contributed by atoms with Gasteiger partial charge in [0.2, 0.25) is 0 Å². The van der Waals surface area contributed by atoms with E-state index in [0.29, 0.717) is 36.8 Å². The van der Waals surface area contributed by atoms with Crippen molar-refractivity contribution in [3.8, 4) is 6.07 Å². The third-order valence-corrected chi connectivity index (χ3v) is 3.45. The van der Waals surface area contributed by atoms with Gasteiger partial charge in [0, 0.05) is 23.7 Å². The van der Waals surface area contributed by atoms with E-state index in [-0.39, 0.29) is 11.1 Å². The molecule has 1 heterocycles. The molecular weight excluding hydrogens is 278 g/mol. The van der Waals surface area contributed by atoms with Gasteiger partial charge in [-0.2, -0.15) is 5.26 Å². The molecule has 18 heavy (non-hydrogen) atoms. The lowest BCUT2D eigenvalue weighted by Gasteiger charge is -2.31. The molecule has 1 aliphatic heterocycles. The summed E-state index contributed by atoms with van der Waals surface area (Å²) in [6.07, 6.45) is -0.327. The summed E-state index contributed by atoms with van der Waals surface area (Å²) in [5.41, 5.74) is 0.571. The van der Waals surface area contributed by atoms with E-state index in [1.54, 1.807) is 0 Å². The third-order valence-electron chi connectivity index (χ3n) is 2.83. The normalized spacial score (nSPS) is 20.7. The summed E-state index contributed by atoms with van der Waals surface area (Å²) in [5, 5.41) is 9.05. The predicted molar refractivity (Wildman–Crippen MR) is 67.2 cm³/mol. The number of nitrogens with zero attached hydrogens (tertiary/aromatic N) is 2. The molecule has 0 spiro atoms. The van der Waals surface area contributed by atoms with E-state index in [2.05, 4.69) is 6.07 Å². The van der Waals surface area contributed by atoms with E-state index >= 15 is 0 Å². The van der Waals surface area contributed by atoms with Gasteiger partial charge < -0.3 is 4.74 Å². The van der Waals surface area contributed by atoms with E-state index in [0.717, 1.165) is 0 Å². The van der Waals surface area contributed by atoms with Gasteiger partial charge in [-0.3, -0.25) is 4.90 Å². The Morgan fingerprint density at radius 3 is 2.94 bits per heavy atom. The molecule has 0 radical (unpaired) electrons. The third kappa shape index (κ3) is 2.93. The molecule has 1 atom stereocenters. The van der Waals surface area contributed by atoms with Crippen molar-refractivity contribution in [2.45, 2.75) is 6.10 Å². The zero-order valence-corrected chi connectivity index (χ0v) is 11.0. The Balaban J connectivity index is 2.21. The van der Waals surface area contributed by atoms with Gasteiger partial charge in [-0.05, 0) is 12.1 Å². The first-order valence-electron chi connectivity index (χ1n) is 5.47. The molecular formula is C12H11Cl2FN2O. The average molecular weight is 289 g/mol. The number of halogens is 3. The van der Waals surface area contributed by atoms with Gasteiger partial charge in [0.1, 0.15) is 5.82 Å². The maximum atomic E-state index is 13.4. The lowest BCUT2D eigenvalue weighted by atomic mass is 10.1. The zero-order chi connectivity index (χ0) is 13.1. The van der Waals surface area contributed by atoms with Crippen LogP contribution in [0.15, 0.2) is 12.1 Å². The first kappa shape index (κ1) is 13.6. The second-order valence-electron chi connectivity index (χ2n) is 4.04. The van der Waals surface area contributed by atoms with Crippen molar-refractivity contribution < 1.29 is 9.13 Å². The van der Waals surface area contributed by atoms with Crippen molar-refractivity contribution in [1.82, 2.24) is 4.90 Å².